The molecule has 0 fully saturated rings. The molecule has 126 valence electrons. The molecular weight excluding hydrogens is 292 g/mol. The van der Waals surface area contributed by atoms with Gasteiger partial charge in [-0.1, -0.05) is 55.9 Å². The van der Waals surface area contributed by atoms with Crippen LogP contribution in [0.25, 0.3) is 0 Å². The summed E-state index contributed by atoms with van der Waals surface area (Å²) in [5.74, 6) is 6.49. The molecule has 2 aromatic rings. The number of benzene rings is 2. The van der Waals surface area contributed by atoms with E-state index in [1.54, 1.807) is 0 Å². The monoisotopic (exact) mass is 320 g/mol. The molecule has 0 aliphatic heterocycles. The van der Waals surface area contributed by atoms with E-state index in [1.165, 1.54) is 24.0 Å². The number of hydrogen-bond donors (Lipinski definition) is 1. The standard InChI is InChI=1S/C23H28O/c1-2-3-7-20-9-13-22(14-10-20)17-18-23-15-11-21(12-16-23)8-5-4-6-19-24/h9-16,24H,2-8,19H2,1H3. The fourth-order valence-electron chi connectivity index (χ4n) is 2.65. The molecule has 0 aliphatic carbocycles. The maximum Gasteiger partial charge on any atom is 0.0431 e. The highest BCUT2D eigenvalue weighted by Crippen LogP contribution is 2.10. The van der Waals surface area contributed by atoms with Crippen molar-refractivity contribution in [2.24, 2.45) is 0 Å². The van der Waals surface area contributed by atoms with Crippen molar-refractivity contribution in [1.29, 1.82) is 0 Å². The van der Waals surface area contributed by atoms with Gasteiger partial charge in [0.2, 0.25) is 0 Å². The second kappa shape index (κ2) is 10.7. The highest BCUT2D eigenvalue weighted by molar-refractivity contribution is 5.44. The lowest BCUT2D eigenvalue weighted by Crippen LogP contribution is -1.88. The average molecular weight is 320 g/mol. The van der Waals surface area contributed by atoms with Crippen molar-refractivity contribution in [3.63, 3.8) is 0 Å². The Labute approximate surface area is 146 Å². The molecule has 0 heterocycles. The number of aliphatic hydroxyl groups excluding tert-OH is 1. The van der Waals surface area contributed by atoms with Crippen LogP contribution in [0.1, 0.15) is 61.3 Å². The highest BCUT2D eigenvalue weighted by Gasteiger charge is 1.95. The van der Waals surface area contributed by atoms with Crippen LogP contribution in [-0.4, -0.2) is 11.7 Å². The van der Waals surface area contributed by atoms with Crippen molar-refractivity contribution < 1.29 is 5.11 Å². The molecule has 24 heavy (non-hydrogen) atoms. The van der Waals surface area contributed by atoms with Gasteiger partial charge in [0.15, 0.2) is 0 Å². The zero-order chi connectivity index (χ0) is 17.0. The van der Waals surface area contributed by atoms with Gasteiger partial charge in [-0.25, -0.2) is 0 Å². The molecule has 0 radical (unpaired) electrons. The van der Waals surface area contributed by atoms with E-state index in [1.807, 2.05) is 0 Å². The van der Waals surface area contributed by atoms with Gasteiger partial charge >= 0.3 is 0 Å². The van der Waals surface area contributed by atoms with Crippen LogP contribution >= 0.6 is 0 Å². The summed E-state index contributed by atoms with van der Waals surface area (Å²) in [6, 6.07) is 17.1. The van der Waals surface area contributed by atoms with Crippen molar-refractivity contribution in [2.45, 2.75) is 51.9 Å². The molecule has 0 amide bonds. The van der Waals surface area contributed by atoms with Crippen molar-refractivity contribution in [3.8, 4) is 11.8 Å². The Morgan fingerprint density at radius 1 is 0.667 bits per heavy atom. The normalized spacial score (nSPS) is 10.2. The zero-order valence-electron chi connectivity index (χ0n) is 14.7. The Kier molecular flexibility index (Phi) is 8.15. The quantitative estimate of drug-likeness (QED) is 0.528. The first kappa shape index (κ1) is 18.3. The predicted octanol–water partition coefficient (Wildman–Crippen LogP) is 5.13. The maximum atomic E-state index is 8.79. The minimum Gasteiger partial charge on any atom is -0.396 e. The minimum atomic E-state index is 0.300. The third kappa shape index (κ3) is 6.60. The fraction of sp³-hybridized carbons (Fsp3) is 0.391. The number of aliphatic hydroxyl groups is 1. The van der Waals surface area contributed by atoms with Gasteiger partial charge in [-0.05, 0) is 67.5 Å². The van der Waals surface area contributed by atoms with E-state index >= 15 is 0 Å². The SMILES string of the molecule is CCCCc1ccc(C#Cc2ccc(CCCCCO)cc2)cc1. The van der Waals surface area contributed by atoms with Gasteiger partial charge in [0.05, 0.1) is 0 Å². The fourth-order valence-corrected chi connectivity index (χ4v) is 2.65. The Morgan fingerprint density at radius 2 is 1.17 bits per heavy atom. The van der Waals surface area contributed by atoms with Crippen LogP contribution < -0.4 is 0 Å². The van der Waals surface area contributed by atoms with Crippen molar-refractivity contribution >= 4 is 0 Å². The van der Waals surface area contributed by atoms with Gasteiger partial charge in [-0.15, -0.1) is 0 Å². The molecule has 0 unspecified atom stereocenters. The lowest BCUT2D eigenvalue weighted by molar-refractivity contribution is 0.283. The lowest BCUT2D eigenvalue weighted by atomic mass is 10.0. The van der Waals surface area contributed by atoms with Crippen molar-refractivity contribution in [1.82, 2.24) is 0 Å². The van der Waals surface area contributed by atoms with Gasteiger partial charge in [-0.2, -0.15) is 0 Å². The van der Waals surface area contributed by atoms with Gasteiger partial charge < -0.3 is 5.11 Å². The van der Waals surface area contributed by atoms with Crippen LogP contribution in [0.4, 0.5) is 0 Å². The molecule has 0 atom stereocenters. The van der Waals surface area contributed by atoms with Crippen LogP contribution in [0.3, 0.4) is 0 Å². The minimum absolute atomic E-state index is 0.300. The molecule has 0 spiro atoms. The van der Waals surface area contributed by atoms with Gasteiger partial charge in [0, 0.05) is 17.7 Å². The third-order valence-electron chi connectivity index (χ3n) is 4.20. The van der Waals surface area contributed by atoms with Crippen molar-refractivity contribution in [2.75, 3.05) is 6.61 Å². The Morgan fingerprint density at radius 3 is 1.62 bits per heavy atom. The molecule has 1 nitrogen and oxygen atoms in total. The van der Waals surface area contributed by atoms with E-state index in [0.29, 0.717) is 6.61 Å². The van der Waals surface area contributed by atoms with E-state index in [2.05, 4.69) is 67.3 Å². The summed E-state index contributed by atoms with van der Waals surface area (Å²) in [5.41, 5.74) is 4.87. The number of aryl methyl sites for hydroxylation is 2. The molecule has 0 saturated heterocycles. The molecule has 0 bridgehead atoms. The summed E-state index contributed by atoms with van der Waals surface area (Å²) in [6.07, 6.45) is 7.84. The predicted molar refractivity (Wildman–Crippen MR) is 102 cm³/mol. The second-order valence-electron chi connectivity index (χ2n) is 6.28. The Bertz CT molecular complexity index is 641. The molecule has 2 aromatic carbocycles. The highest BCUT2D eigenvalue weighted by atomic mass is 16.2. The summed E-state index contributed by atoms with van der Waals surface area (Å²) in [7, 11) is 0. The number of unbranched alkanes of at least 4 members (excludes halogenated alkanes) is 3. The van der Waals surface area contributed by atoms with Crippen LogP contribution in [0.5, 0.6) is 0 Å². The third-order valence-corrected chi connectivity index (χ3v) is 4.20. The Hall–Kier alpha value is -2.04. The van der Waals surface area contributed by atoms with Crippen LogP contribution in [0, 0.1) is 11.8 Å². The van der Waals surface area contributed by atoms with E-state index in [0.717, 1.165) is 43.2 Å². The molecule has 0 aliphatic rings. The molecule has 1 heteroatoms. The molecule has 2 rings (SSSR count). The van der Waals surface area contributed by atoms with E-state index in [9.17, 15) is 0 Å². The van der Waals surface area contributed by atoms with E-state index < -0.39 is 0 Å². The first-order chi connectivity index (χ1) is 11.8. The molecule has 0 saturated carbocycles. The maximum absolute atomic E-state index is 8.79. The van der Waals surface area contributed by atoms with Gasteiger partial charge in [-0.3, -0.25) is 0 Å². The number of rotatable bonds is 8. The summed E-state index contributed by atoms with van der Waals surface area (Å²) in [4.78, 5) is 0. The molecule has 1 N–H and O–H groups in total. The zero-order valence-corrected chi connectivity index (χ0v) is 14.7. The van der Waals surface area contributed by atoms with Crippen LogP contribution in [-0.2, 0) is 12.8 Å². The van der Waals surface area contributed by atoms with Crippen LogP contribution in [0.15, 0.2) is 48.5 Å². The molecular formula is C23H28O. The second-order valence-corrected chi connectivity index (χ2v) is 6.28. The largest absolute Gasteiger partial charge is 0.396 e. The average Bonchev–Trinajstić information content (AvgIpc) is 2.64. The summed E-state index contributed by atoms with van der Waals surface area (Å²) >= 11 is 0. The first-order valence-corrected chi connectivity index (χ1v) is 9.12. The van der Waals surface area contributed by atoms with Gasteiger partial charge in [0.25, 0.3) is 0 Å². The summed E-state index contributed by atoms with van der Waals surface area (Å²) in [6.45, 7) is 2.52. The Balaban J connectivity index is 1.88. The van der Waals surface area contributed by atoms with Gasteiger partial charge in [0.1, 0.15) is 0 Å². The lowest BCUT2D eigenvalue weighted by Gasteiger charge is -2.01. The summed E-state index contributed by atoms with van der Waals surface area (Å²) < 4.78 is 0. The first-order valence-electron chi connectivity index (χ1n) is 9.12. The summed E-state index contributed by atoms with van der Waals surface area (Å²) in [5, 5.41) is 8.79. The topological polar surface area (TPSA) is 20.2 Å². The van der Waals surface area contributed by atoms with E-state index in [-0.39, 0.29) is 0 Å². The smallest absolute Gasteiger partial charge is 0.0431 e. The van der Waals surface area contributed by atoms with E-state index in [4.69, 9.17) is 5.11 Å². The van der Waals surface area contributed by atoms with Crippen molar-refractivity contribution in [3.05, 3.63) is 70.8 Å². The number of hydrogen-bond acceptors (Lipinski definition) is 1. The molecule has 0 aromatic heterocycles. The van der Waals surface area contributed by atoms with Crippen LogP contribution in [0.2, 0.25) is 0 Å².